The van der Waals surface area contributed by atoms with Gasteiger partial charge >= 0.3 is 0 Å². The van der Waals surface area contributed by atoms with Crippen LogP contribution in [-0.4, -0.2) is 52.6 Å². The van der Waals surface area contributed by atoms with Crippen LogP contribution in [0.25, 0.3) is 0 Å². The number of likely N-dealkylation sites (tertiary alicyclic amines) is 1. The topological polar surface area (TPSA) is 72.3 Å². The van der Waals surface area contributed by atoms with E-state index in [4.69, 9.17) is 0 Å². The first kappa shape index (κ1) is 15.5. The highest BCUT2D eigenvalue weighted by molar-refractivity contribution is 7.92. The molecular formula is C15H23N3O3S. The molecule has 0 bridgehead atoms. The number of nitrogens with zero attached hydrogens (tertiary/aromatic N) is 3. The first-order chi connectivity index (χ1) is 10.4. The standard InChI is InChI=1S/C15H23N3O3S/c1-22(20,21)15(7-2-3-8-15)14(19)18-11-4-6-13(18)12-17-10-5-9-16-17/h5,9-10,13H,2-4,6-8,11-12H2,1H3/t13-/m1/s1. The summed E-state index contributed by atoms with van der Waals surface area (Å²) in [5, 5.41) is 4.20. The summed E-state index contributed by atoms with van der Waals surface area (Å²) in [6, 6.07) is 1.91. The Balaban J connectivity index is 1.83. The lowest BCUT2D eigenvalue weighted by atomic mass is 10.0. The van der Waals surface area contributed by atoms with E-state index in [2.05, 4.69) is 5.10 Å². The zero-order valence-electron chi connectivity index (χ0n) is 12.9. The van der Waals surface area contributed by atoms with Gasteiger partial charge in [0, 0.05) is 25.2 Å². The van der Waals surface area contributed by atoms with Crippen molar-refractivity contribution in [1.29, 1.82) is 0 Å². The molecule has 3 rings (SSSR count). The summed E-state index contributed by atoms with van der Waals surface area (Å²) in [7, 11) is -3.40. The molecule has 0 spiro atoms. The minimum atomic E-state index is -3.40. The normalized spacial score (nSPS) is 24.8. The Morgan fingerprint density at radius 2 is 2.05 bits per heavy atom. The number of sulfone groups is 1. The molecule has 0 radical (unpaired) electrons. The number of carbonyl (C=O) groups is 1. The van der Waals surface area contributed by atoms with Crippen molar-refractivity contribution in [1.82, 2.24) is 14.7 Å². The van der Waals surface area contributed by atoms with Gasteiger partial charge in [0.1, 0.15) is 0 Å². The summed E-state index contributed by atoms with van der Waals surface area (Å²) >= 11 is 0. The fourth-order valence-electron chi connectivity index (χ4n) is 3.87. The van der Waals surface area contributed by atoms with Crippen LogP contribution in [0.15, 0.2) is 18.5 Å². The Kier molecular flexibility index (Phi) is 4.01. The second kappa shape index (κ2) is 5.68. The average Bonchev–Trinajstić information content (AvgIpc) is 3.19. The van der Waals surface area contributed by atoms with E-state index in [0.29, 0.717) is 25.9 Å². The largest absolute Gasteiger partial charge is 0.336 e. The van der Waals surface area contributed by atoms with E-state index in [9.17, 15) is 13.2 Å². The second-order valence-corrected chi connectivity index (χ2v) is 8.82. The molecule has 2 heterocycles. The molecule has 6 nitrogen and oxygen atoms in total. The van der Waals surface area contributed by atoms with Crippen molar-refractivity contribution in [2.75, 3.05) is 12.8 Å². The quantitative estimate of drug-likeness (QED) is 0.835. The fourth-order valence-corrected chi connectivity index (χ4v) is 5.33. The van der Waals surface area contributed by atoms with Crippen LogP contribution in [0.4, 0.5) is 0 Å². The van der Waals surface area contributed by atoms with E-state index in [0.717, 1.165) is 25.7 Å². The molecule has 7 heteroatoms. The summed E-state index contributed by atoms with van der Waals surface area (Å²) in [5.41, 5.74) is 0. The molecule has 0 unspecified atom stereocenters. The summed E-state index contributed by atoms with van der Waals surface area (Å²) in [6.07, 6.45) is 9.22. The third-order valence-electron chi connectivity index (χ3n) is 5.11. The fraction of sp³-hybridized carbons (Fsp3) is 0.733. The van der Waals surface area contributed by atoms with Crippen LogP contribution in [0, 0.1) is 0 Å². The van der Waals surface area contributed by atoms with Crippen molar-refractivity contribution in [3.63, 3.8) is 0 Å². The molecular weight excluding hydrogens is 302 g/mol. The Morgan fingerprint density at radius 1 is 1.32 bits per heavy atom. The first-order valence-electron chi connectivity index (χ1n) is 7.92. The van der Waals surface area contributed by atoms with Gasteiger partial charge in [0.05, 0.1) is 12.6 Å². The van der Waals surface area contributed by atoms with Crippen LogP contribution in [-0.2, 0) is 21.2 Å². The van der Waals surface area contributed by atoms with Crippen LogP contribution in [0.2, 0.25) is 0 Å². The van der Waals surface area contributed by atoms with Gasteiger partial charge in [-0.2, -0.15) is 5.10 Å². The molecule has 1 aliphatic heterocycles. The van der Waals surface area contributed by atoms with Gasteiger partial charge in [0.15, 0.2) is 14.6 Å². The van der Waals surface area contributed by atoms with Crippen LogP contribution in [0.3, 0.4) is 0 Å². The third kappa shape index (κ3) is 2.55. The number of rotatable bonds is 4. The van der Waals surface area contributed by atoms with Gasteiger partial charge < -0.3 is 4.90 Å². The van der Waals surface area contributed by atoms with Crippen LogP contribution in [0.5, 0.6) is 0 Å². The predicted molar refractivity (Wildman–Crippen MR) is 83.0 cm³/mol. The predicted octanol–water partition coefficient (Wildman–Crippen LogP) is 1.23. The number of hydrogen-bond donors (Lipinski definition) is 0. The summed E-state index contributed by atoms with van der Waals surface area (Å²) < 4.78 is 25.3. The lowest BCUT2D eigenvalue weighted by Crippen LogP contribution is -2.54. The van der Waals surface area contributed by atoms with Gasteiger partial charge in [0.25, 0.3) is 0 Å². The molecule has 2 aliphatic rings. The zero-order valence-corrected chi connectivity index (χ0v) is 13.8. The first-order valence-corrected chi connectivity index (χ1v) is 9.81. The molecule has 0 aromatic carbocycles. The Hall–Kier alpha value is -1.37. The van der Waals surface area contributed by atoms with Crippen molar-refractivity contribution < 1.29 is 13.2 Å². The number of hydrogen-bond acceptors (Lipinski definition) is 4. The van der Waals surface area contributed by atoms with Crippen molar-refractivity contribution in [2.24, 2.45) is 0 Å². The molecule has 2 fully saturated rings. The van der Waals surface area contributed by atoms with Gasteiger partial charge in [-0.15, -0.1) is 0 Å². The Morgan fingerprint density at radius 3 is 2.64 bits per heavy atom. The van der Waals surface area contributed by atoms with Gasteiger partial charge in [-0.05, 0) is 31.7 Å². The maximum atomic E-state index is 13.1. The van der Waals surface area contributed by atoms with Gasteiger partial charge in [-0.3, -0.25) is 9.48 Å². The van der Waals surface area contributed by atoms with Gasteiger partial charge in [0.2, 0.25) is 5.91 Å². The van der Waals surface area contributed by atoms with Gasteiger partial charge in [-0.1, -0.05) is 12.8 Å². The monoisotopic (exact) mass is 325 g/mol. The Bertz CT molecular complexity index is 633. The number of amides is 1. The molecule has 1 saturated carbocycles. The molecule has 122 valence electrons. The summed E-state index contributed by atoms with van der Waals surface area (Å²) in [5.74, 6) is -0.179. The van der Waals surface area contributed by atoms with Crippen molar-refractivity contribution >= 4 is 15.7 Å². The summed E-state index contributed by atoms with van der Waals surface area (Å²) in [4.78, 5) is 14.9. The van der Waals surface area contributed by atoms with Crippen molar-refractivity contribution in [2.45, 2.75) is 55.9 Å². The smallest absolute Gasteiger partial charge is 0.244 e. The second-order valence-electron chi connectivity index (χ2n) is 6.50. The van der Waals surface area contributed by atoms with E-state index >= 15 is 0 Å². The van der Waals surface area contributed by atoms with E-state index in [1.165, 1.54) is 6.26 Å². The van der Waals surface area contributed by atoms with Crippen LogP contribution in [0.1, 0.15) is 38.5 Å². The molecule has 1 atom stereocenters. The molecule has 1 aromatic heterocycles. The van der Waals surface area contributed by atoms with E-state index in [1.54, 1.807) is 11.1 Å². The summed E-state index contributed by atoms with van der Waals surface area (Å²) in [6.45, 7) is 1.29. The minimum absolute atomic E-state index is 0.0478. The van der Waals surface area contributed by atoms with Crippen molar-refractivity contribution in [3.8, 4) is 0 Å². The molecule has 0 N–H and O–H groups in total. The SMILES string of the molecule is CS(=O)(=O)C1(C(=O)N2CCC[C@@H]2Cn2cccn2)CCCC1. The number of carbonyl (C=O) groups excluding carboxylic acids is 1. The Labute approximate surface area is 131 Å². The average molecular weight is 325 g/mol. The molecule has 1 saturated heterocycles. The maximum absolute atomic E-state index is 13.1. The van der Waals surface area contributed by atoms with E-state index in [-0.39, 0.29) is 11.9 Å². The van der Waals surface area contributed by atoms with E-state index < -0.39 is 14.6 Å². The third-order valence-corrected chi connectivity index (χ3v) is 7.11. The molecule has 1 aliphatic carbocycles. The highest BCUT2D eigenvalue weighted by Crippen LogP contribution is 2.39. The highest BCUT2D eigenvalue weighted by Gasteiger charge is 2.53. The van der Waals surface area contributed by atoms with Crippen LogP contribution >= 0.6 is 0 Å². The minimum Gasteiger partial charge on any atom is -0.336 e. The van der Waals surface area contributed by atoms with Gasteiger partial charge in [-0.25, -0.2) is 8.42 Å². The number of aromatic nitrogens is 2. The maximum Gasteiger partial charge on any atom is 0.244 e. The van der Waals surface area contributed by atoms with Crippen molar-refractivity contribution in [3.05, 3.63) is 18.5 Å². The lowest BCUT2D eigenvalue weighted by Gasteiger charge is -2.34. The lowest BCUT2D eigenvalue weighted by molar-refractivity contribution is -0.135. The molecule has 1 amide bonds. The van der Waals surface area contributed by atoms with E-state index in [1.807, 2.05) is 16.9 Å². The van der Waals surface area contributed by atoms with Crippen LogP contribution < -0.4 is 0 Å². The zero-order chi connectivity index (χ0) is 15.8. The molecule has 22 heavy (non-hydrogen) atoms. The molecule has 1 aromatic rings. The highest BCUT2D eigenvalue weighted by atomic mass is 32.2.